The van der Waals surface area contributed by atoms with E-state index < -0.39 is 0 Å². The predicted molar refractivity (Wildman–Crippen MR) is 71.4 cm³/mol. The summed E-state index contributed by atoms with van der Waals surface area (Å²) in [7, 11) is 0. The van der Waals surface area contributed by atoms with Crippen molar-refractivity contribution in [1.29, 1.82) is 0 Å². The molecule has 0 fully saturated rings. The van der Waals surface area contributed by atoms with Crippen molar-refractivity contribution in [3.63, 3.8) is 0 Å². The third-order valence-corrected chi connectivity index (χ3v) is 3.28. The lowest BCUT2D eigenvalue weighted by molar-refractivity contribution is 0.628. The number of aromatic nitrogens is 2. The molecular weight excluding hydrogens is 255 g/mol. The van der Waals surface area contributed by atoms with Crippen LogP contribution in [-0.4, -0.2) is 9.55 Å². The van der Waals surface area contributed by atoms with E-state index in [1.165, 1.54) is 0 Å². The molecule has 0 aliphatic carbocycles. The van der Waals surface area contributed by atoms with Gasteiger partial charge in [-0.05, 0) is 18.6 Å². The van der Waals surface area contributed by atoms with Crippen molar-refractivity contribution in [3.05, 3.63) is 40.8 Å². The Kier molecular flexibility index (Phi) is 4.08. The second kappa shape index (κ2) is 5.56. The van der Waals surface area contributed by atoms with Crippen LogP contribution in [0.3, 0.4) is 0 Å². The minimum absolute atomic E-state index is 0.548. The van der Waals surface area contributed by atoms with Gasteiger partial charge < -0.3 is 4.57 Å². The molecule has 0 amide bonds. The Bertz CT molecular complexity index is 506. The summed E-state index contributed by atoms with van der Waals surface area (Å²) < 4.78 is 1.97. The van der Waals surface area contributed by atoms with Gasteiger partial charge in [0, 0.05) is 18.3 Å². The van der Waals surface area contributed by atoms with E-state index in [4.69, 9.17) is 23.2 Å². The minimum atomic E-state index is 0.548. The molecule has 0 unspecified atom stereocenters. The van der Waals surface area contributed by atoms with E-state index in [2.05, 4.69) is 18.2 Å². The van der Waals surface area contributed by atoms with Gasteiger partial charge in [-0.25, -0.2) is 4.98 Å². The summed E-state index contributed by atoms with van der Waals surface area (Å²) in [6.45, 7) is 3.11. The summed E-state index contributed by atoms with van der Waals surface area (Å²) in [5, 5.41) is 1.11. The number of unbranched alkanes of at least 4 members (excludes halogenated alkanes) is 1. The largest absolute Gasteiger partial charge is 0.328 e. The van der Waals surface area contributed by atoms with Crippen molar-refractivity contribution in [2.75, 3.05) is 0 Å². The standard InChI is InChI=1S/C13H13Cl2N2/c1-2-3-6-17-8-13(16-9-17)10-4-5-11(14)12(15)7-10/h4-5,7-8H,2-3,6H2,1H3. The number of aryl methyl sites for hydroxylation is 1. The molecular formula is C13H13Cl2N2. The Labute approximate surface area is 111 Å². The number of hydrogen-bond donors (Lipinski definition) is 0. The lowest BCUT2D eigenvalue weighted by atomic mass is 10.2. The van der Waals surface area contributed by atoms with Gasteiger partial charge in [0.2, 0.25) is 0 Å². The van der Waals surface area contributed by atoms with Gasteiger partial charge in [-0.2, -0.15) is 0 Å². The molecule has 1 aromatic heterocycles. The van der Waals surface area contributed by atoms with E-state index in [1.807, 2.05) is 22.9 Å². The minimum Gasteiger partial charge on any atom is -0.328 e. The van der Waals surface area contributed by atoms with Crippen LogP contribution >= 0.6 is 23.2 Å². The van der Waals surface area contributed by atoms with Crippen LogP contribution < -0.4 is 0 Å². The normalized spacial score (nSPS) is 10.8. The molecule has 0 spiro atoms. The van der Waals surface area contributed by atoms with Gasteiger partial charge in [0.1, 0.15) is 0 Å². The molecule has 0 saturated carbocycles. The van der Waals surface area contributed by atoms with E-state index in [0.717, 1.165) is 30.6 Å². The molecule has 2 nitrogen and oxygen atoms in total. The van der Waals surface area contributed by atoms with Gasteiger partial charge in [0.15, 0.2) is 6.33 Å². The molecule has 0 aliphatic rings. The van der Waals surface area contributed by atoms with Crippen molar-refractivity contribution in [2.24, 2.45) is 0 Å². The summed E-state index contributed by atoms with van der Waals surface area (Å²) in [6, 6.07) is 5.52. The van der Waals surface area contributed by atoms with Gasteiger partial charge in [0.05, 0.1) is 15.7 Å². The Balaban J connectivity index is 2.21. The Hall–Kier alpha value is -0.990. The van der Waals surface area contributed by atoms with Crippen molar-refractivity contribution < 1.29 is 0 Å². The van der Waals surface area contributed by atoms with Gasteiger partial charge in [-0.1, -0.05) is 42.6 Å². The first kappa shape index (κ1) is 12.5. The predicted octanol–water partition coefficient (Wildman–Crippen LogP) is 4.46. The van der Waals surface area contributed by atoms with Crippen LogP contribution in [-0.2, 0) is 6.54 Å². The maximum atomic E-state index is 5.98. The lowest BCUT2D eigenvalue weighted by Gasteiger charge is -2.00. The monoisotopic (exact) mass is 267 g/mol. The lowest BCUT2D eigenvalue weighted by Crippen LogP contribution is -1.93. The highest BCUT2D eigenvalue weighted by molar-refractivity contribution is 6.42. The second-order valence-electron chi connectivity index (χ2n) is 3.90. The molecule has 1 heterocycles. The van der Waals surface area contributed by atoms with Crippen LogP contribution in [0.2, 0.25) is 10.0 Å². The molecule has 0 N–H and O–H groups in total. The molecule has 17 heavy (non-hydrogen) atoms. The van der Waals surface area contributed by atoms with Crippen LogP contribution in [0.1, 0.15) is 19.8 Å². The topological polar surface area (TPSA) is 17.8 Å². The van der Waals surface area contributed by atoms with Crippen LogP contribution in [0.15, 0.2) is 24.4 Å². The van der Waals surface area contributed by atoms with Gasteiger partial charge in [-0.15, -0.1) is 0 Å². The molecule has 1 aromatic carbocycles. The molecule has 0 aliphatic heterocycles. The highest BCUT2D eigenvalue weighted by Crippen LogP contribution is 2.27. The fraction of sp³-hybridized carbons (Fsp3) is 0.308. The van der Waals surface area contributed by atoms with Crippen molar-refractivity contribution in [1.82, 2.24) is 9.55 Å². The summed E-state index contributed by atoms with van der Waals surface area (Å²) in [6.07, 6.45) is 7.24. The van der Waals surface area contributed by atoms with Gasteiger partial charge in [-0.3, -0.25) is 0 Å². The Morgan fingerprint density at radius 2 is 2.12 bits per heavy atom. The SMILES string of the molecule is CCCCn1[c]nc(-c2ccc(Cl)c(Cl)c2)c1. The number of hydrogen-bond acceptors (Lipinski definition) is 1. The first-order valence-corrected chi connectivity index (χ1v) is 6.36. The number of rotatable bonds is 4. The van der Waals surface area contributed by atoms with E-state index in [1.54, 1.807) is 6.07 Å². The quantitative estimate of drug-likeness (QED) is 0.800. The average Bonchev–Trinajstić information content (AvgIpc) is 2.79. The Morgan fingerprint density at radius 3 is 2.82 bits per heavy atom. The highest BCUT2D eigenvalue weighted by Gasteiger charge is 2.05. The van der Waals surface area contributed by atoms with Crippen LogP contribution in [0.5, 0.6) is 0 Å². The van der Waals surface area contributed by atoms with Gasteiger partial charge >= 0.3 is 0 Å². The van der Waals surface area contributed by atoms with Crippen molar-refractivity contribution in [2.45, 2.75) is 26.3 Å². The summed E-state index contributed by atoms with van der Waals surface area (Å²) in [5.41, 5.74) is 1.84. The summed E-state index contributed by atoms with van der Waals surface area (Å²) >= 11 is 11.9. The zero-order chi connectivity index (χ0) is 12.3. The molecule has 4 heteroatoms. The number of imidazole rings is 1. The van der Waals surface area contributed by atoms with Crippen molar-refractivity contribution >= 4 is 23.2 Å². The smallest absolute Gasteiger partial charge is 0.177 e. The molecule has 0 bridgehead atoms. The fourth-order valence-corrected chi connectivity index (χ4v) is 1.86. The van der Waals surface area contributed by atoms with Crippen LogP contribution in [0.25, 0.3) is 11.3 Å². The van der Waals surface area contributed by atoms with E-state index in [-0.39, 0.29) is 0 Å². The highest BCUT2D eigenvalue weighted by atomic mass is 35.5. The van der Waals surface area contributed by atoms with E-state index >= 15 is 0 Å². The number of benzene rings is 1. The number of halogens is 2. The molecule has 2 aromatic rings. The van der Waals surface area contributed by atoms with Gasteiger partial charge in [0.25, 0.3) is 0 Å². The average molecular weight is 268 g/mol. The third kappa shape index (κ3) is 3.02. The first-order chi connectivity index (χ1) is 8.20. The van der Waals surface area contributed by atoms with Crippen molar-refractivity contribution in [3.8, 4) is 11.3 Å². The maximum Gasteiger partial charge on any atom is 0.177 e. The van der Waals surface area contributed by atoms with E-state index in [9.17, 15) is 0 Å². The zero-order valence-corrected chi connectivity index (χ0v) is 11.1. The molecule has 89 valence electrons. The molecule has 0 saturated heterocycles. The molecule has 0 atom stereocenters. The fourth-order valence-electron chi connectivity index (χ4n) is 1.56. The maximum absolute atomic E-state index is 5.98. The number of nitrogens with zero attached hydrogens (tertiary/aromatic N) is 2. The Morgan fingerprint density at radius 1 is 1.29 bits per heavy atom. The third-order valence-electron chi connectivity index (χ3n) is 2.54. The van der Waals surface area contributed by atoms with Crippen LogP contribution in [0, 0.1) is 6.33 Å². The first-order valence-electron chi connectivity index (χ1n) is 5.61. The molecule has 1 radical (unpaired) electrons. The molecule has 2 rings (SSSR count). The second-order valence-corrected chi connectivity index (χ2v) is 4.72. The summed E-state index contributed by atoms with van der Waals surface area (Å²) in [4.78, 5) is 4.25. The van der Waals surface area contributed by atoms with Crippen LogP contribution in [0.4, 0.5) is 0 Å². The zero-order valence-electron chi connectivity index (χ0n) is 9.58. The van der Waals surface area contributed by atoms with E-state index in [0.29, 0.717) is 10.0 Å². The summed E-state index contributed by atoms with van der Waals surface area (Å²) in [5.74, 6) is 0.